The molecule has 0 aromatic heterocycles. The van der Waals surface area contributed by atoms with Gasteiger partial charge in [-0.25, -0.2) is 0 Å². The van der Waals surface area contributed by atoms with Gasteiger partial charge in [0, 0.05) is 48.9 Å². The second kappa shape index (κ2) is 15.4. The molecule has 0 spiro atoms. The first-order chi connectivity index (χ1) is 19.4. The van der Waals surface area contributed by atoms with E-state index in [0.29, 0.717) is 24.0 Å². The van der Waals surface area contributed by atoms with Crippen LogP contribution in [0.15, 0.2) is 12.1 Å². The van der Waals surface area contributed by atoms with E-state index >= 15 is 0 Å². The minimum atomic E-state index is -4.17. The third-order valence-electron chi connectivity index (χ3n) is 7.58. The summed E-state index contributed by atoms with van der Waals surface area (Å²) in [6, 6.07) is 3.53. The van der Waals surface area contributed by atoms with Crippen molar-refractivity contribution >= 4 is 52.9 Å². The van der Waals surface area contributed by atoms with Crippen LogP contribution in [0, 0.1) is 0 Å². The molecule has 0 amide bonds. The molecule has 45 heavy (non-hydrogen) atoms. The summed E-state index contributed by atoms with van der Waals surface area (Å²) in [7, 11) is -8.34. The van der Waals surface area contributed by atoms with Crippen molar-refractivity contribution in [2.24, 2.45) is 0 Å². The molecule has 2 rings (SSSR count). The van der Waals surface area contributed by atoms with Gasteiger partial charge in [-0.1, -0.05) is 109 Å². The molecule has 0 atom stereocenters. The summed E-state index contributed by atoms with van der Waals surface area (Å²) in [5.41, 5.74) is 4.82. The Morgan fingerprint density at radius 3 is 0.933 bits per heavy atom. The van der Waals surface area contributed by atoms with Gasteiger partial charge in [-0.15, -0.1) is 0 Å². The summed E-state index contributed by atoms with van der Waals surface area (Å²) in [5.74, 6) is 0.512. The smallest absolute Gasteiger partial charge is 0.329 e. The fourth-order valence-electron chi connectivity index (χ4n) is 5.83. The molecule has 2 aromatic rings. The van der Waals surface area contributed by atoms with Crippen molar-refractivity contribution < 1.29 is 38.9 Å². The van der Waals surface area contributed by atoms with Crippen molar-refractivity contribution in [1.29, 1.82) is 0 Å². The van der Waals surface area contributed by atoms with Gasteiger partial charge in [0.25, 0.3) is 0 Å². The van der Waals surface area contributed by atoms with Crippen LogP contribution in [0.1, 0.15) is 141 Å². The van der Waals surface area contributed by atoms with Crippen molar-refractivity contribution in [3.8, 4) is 11.5 Å². The topological polar surface area (TPSA) is 156 Å². The Balaban J connectivity index is 0.000000842. The molecule has 2 radical (unpaired) electrons. The predicted molar refractivity (Wildman–Crippen MR) is 187 cm³/mol. The molecule has 2 aromatic carbocycles. The Hall–Kier alpha value is -0.400. The molecular weight excluding hydrogens is 638 g/mol. The number of aromatic hydroxyl groups is 2. The van der Waals surface area contributed by atoms with Crippen LogP contribution < -0.4 is 0 Å². The van der Waals surface area contributed by atoms with E-state index in [1.165, 1.54) is 0 Å². The SMILES string of the molecule is CCc1c(CP(=O)(O)O)cc(C(C)(C)C)c(O)c1C(C)(C)C.CCc1c(CP(=O)(O)O)cc(C(C)(C)C)c(O)c1C(C)(C)C.[Ca]. The standard InChI is InChI=1S/2C17H29O4P.Ca/c2*1-8-12-11(10-22(19,20)21)9-13(16(2,3)4)15(18)14(12)17(5,6)7;/h2*9,18H,8,10H2,1-7H3,(H2,19,20,21);. The van der Waals surface area contributed by atoms with Gasteiger partial charge in [0.2, 0.25) is 0 Å². The van der Waals surface area contributed by atoms with E-state index < -0.39 is 15.2 Å². The summed E-state index contributed by atoms with van der Waals surface area (Å²) in [4.78, 5) is 37.6. The number of phenols is 2. The fraction of sp³-hybridized carbons (Fsp3) is 0.647. The molecule has 11 heteroatoms. The molecule has 254 valence electrons. The Labute approximate surface area is 301 Å². The minimum Gasteiger partial charge on any atom is -0.507 e. The van der Waals surface area contributed by atoms with Gasteiger partial charge in [-0.3, -0.25) is 9.13 Å². The monoisotopic (exact) mass is 696 g/mol. The summed E-state index contributed by atoms with van der Waals surface area (Å²) in [6.45, 7) is 27.9. The third-order valence-corrected chi connectivity index (χ3v) is 9.08. The quantitative estimate of drug-likeness (QED) is 0.131. The first-order valence-electron chi connectivity index (χ1n) is 15.2. The van der Waals surface area contributed by atoms with Crippen molar-refractivity contribution in [3.63, 3.8) is 0 Å². The fourth-order valence-corrected chi connectivity index (χ4v) is 7.28. The van der Waals surface area contributed by atoms with Gasteiger partial charge >= 0.3 is 15.2 Å². The van der Waals surface area contributed by atoms with Crippen LogP contribution in [0.4, 0.5) is 0 Å². The van der Waals surface area contributed by atoms with Crippen LogP contribution in [0.25, 0.3) is 0 Å². The number of hydrogen-bond acceptors (Lipinski definition) is 4. The van der Waals surface area contributed by atoms with E-state index in [1.54, 1.807) is 12.1 Å². The van der Waals surface area contributed by atoms with Gasteiger partial charge in [0.15, 0.2) is 0 Å². The maximum Gasteiger partial charge on any atom is 0.329 e. The number of benzene rings is 2. The van der Waals surface area contributed by atoms with Crippen LogP contribution in [0.3, 0.4) is 0 Å². The van der Waals surface area contributed by atoms with Gasteiger partial charge in [0.1, 0.15) is 11.5 Å². The molecule has 0 unspecified atom stereocenters. The van der Waals surface area contributed by atoms with Crippen LogP contribution in [0.5, 0.6) is 11.5 Å². The first-order valence-corrected chi connectivity index (χ1v) is 18.8. The zero-order chi connectivity index (χ0) is 35.0. The Morgan fingerprint density at radius 1 is 0.533 bits per heavy atom. The van der Waals surface area contributed by atoms with Crippen LogP contribution in [-0.2, 0) is 56.0 Å². The molecule has 0 heterocycles. The maximum absolute atomic E-state index is 11.5. The molecule has 0 saturated heterocycles. The molecular formula is C34H58CaO8P2. The number of phenolic OH excluding ortho intramolecular Hbond substituents is 2. The van der Waals surface area contributed by atoms with Crippen molar-refractivity contribution in [2.75, 3.05) is 0 Å². The van der Waals surface area contributed by atoms with E-state index in [1.807, 2.05) is 96.9 Å². The Kier molecular flexibility index (Phi) is 15.3. The van der Waals surface area contributed by atoms with Gasteiger partial charge < -0.3 is 29.8 Å². The summed E-state index contributed by atoms with van der Waals surface area (Å²) >= 11 is 0. The van der Waals surface area contributed by atoms with E-state index in [2.05, 4.69) is 0 Å². The zero-order valence-corrected chi connectivity index (χ0v) is 34.1. The van der Waals surface area contributed by atoms with E-state index in [9.17, 15) is 38.9 Å². The minimum absolute atomic E-state index is 0. The molecule has 0 aliphatic carbocycles. The summed E-state index contributed by atoms with van der Waals surface area (Å²) in [5, 5.41) is 21.6. The van der Waals surface area contributed by atoms with Gasteiger partial charge in [-0.05, 0) is 67.9 Å². The van der Waals surface area contributed by atoms with E-state index in [0.717, 1.165) is 33.4 Å². The average Bonchev–Trinajstić information content (AvgIpc) is 2.75. The van der Waals surface area contributed by atoms with E-state index in [4.69, 9.17) is 0 Å². The number of rotatable bonds is 6. The average molecular weight is 697 g/mol. The molecule has 0 aliphatic heterocycles. The molecule has 6 N–H and O–H groups in total. The van der Waals surface area contributed by atoms with E-state index in [-0.39, 0.29) is 83.2 Å². The third kappa shape index (κ3) is 12.5. The molecule has 0 bridgehead atoms. The first kappa shape index (κ1) is 44.6. The number of hydrogen-bond donors (Lipinski definition) is 6. The Bertz CT molecular complexity index is 1320. The second-order valence-electron chi connectivity index (χ2n) is 15.9. The summed E-state index contributed by atoms with van der Waals surface area (Å²) < 4.78 is 23.0. The molecule has 8 nitrogen and oxygen atoms in total. The maximum atomic E-state index is 11.5. The largest absolute Gasteiger partial charge is 0.507 e. The zero-order valence-electron chi connectivity index (χ0n) is 30.1. The van der Waals surface area contributed by atoms with Crippen molar-refractivity contribution in [1.82, 2.24) is 0 Å². The second-order valence-corrected chi connectivity index (χ2v) is 19.2. The molecule has 0 fully saturated rings. The van der Waals surface area contributed by atoms with Crippen molar-refractivity contribution in [3.05, 3.63) is 56.6 Å². The van der Waals surface area contributed by atoms with Crippen LogP contribution in [-0.4, -0.2) is 67.5 Å². The Morgan fingerprint density at radius 2 is 0.778 bits per heavy atom. The van der Waals surface area contributed by atoms with Gasteiger partial charge in [0.05, 0.1) is 12.3 Å². The summed E-state index contributed by atoms with van der Waals surface area (Å²) in [6.07, 6.45) is 0.672. The van der Waals surface area contributed by atoms with Crippen molar-refractivity contribution in [2.45, 2.75) is 144 Å². The van der Waals surface area contributed by atoms with Gasteiger partial charge in [-0.2, -0.15) is 0 Å². The van der Waals surface area contributed by atoms with Crippen LogP contribution in [0.2, 0.25) is 0 Å². The van der Waals surface area contributed by atoms with Crippen LogP contribution >= 0.6 is 15.2 Å². The normalized spacial score (nSPS) is 13.2. The molecule has 0 aliphatic rings. The molecule has 0 saturated carbocycles. The predicted octanol–water partition coefficient (Wildman–Crippen LogP) is 8.07.